The molecule has 1 aliphatic rings. The van der Waals surface area contributed by atoms with Crippen LogP contribution in [0.2, 0.25) is 0 Å². The minimum absolute atomic E-state index is 0.0324. The van der Waals surface area contributed by atoms with Crippen molar-refractivity contribution >= 4 is 11.8 Å². The molecule has 1 heterocycles. The second-order valence-corrected chi connectivity index (χ2v) is 2.49. The number of rotatable bonds is 1. The van der Waals surface area contributed by atoms with Crippen molar-refractivity contribution in [2.75, 3.05) is 6.54 Å². The smallest absolute Gasteiger partial charge is 0.259 e. The van der Waals surface area contributed by atoms with Crippen molar-refractivity contribution in [3.8, 4) is 0 Å². The van der Waals surface area contributed by atoms with Gasteiger partial charge >= 0.3 is 0 Å². The average Bonchev–Trinajstić information content (AvgIpc) is 1.96. The Kier molecular flexibility index (Phi) is 2.09. The maximum atomic E-state index is 11.1. The molecule has 1 atom stereocenters. The minimum atomic E-state index is -0.429. The van der Waals surface area contributed by atoms with E-state index in [0.717, 1.165) is 5.01 Å². The number of amides is 2. The highest BCUT2D eigenvalue weighted by atomic mass is 16.2. The van der Waals surface area contributed by atoms with Crippen LogP contribution in [-0.4, -0.2) is 29.4 Å². The third-order valence-electron chi connectivity index (χ3n) is 1.64. The maximum absolute atomic E-state index is 11.1. The van der Waals surface area contributed by atoms with E-state index in [4.69, 9.17) is 5.84 Å². The van der Waals surface area contributed by atoms with Gasteiger partial charge in [-0.05, 0) is 6.42 Å². The Hall–Kier alpha value is -1.10. The van der Waals surface area contributed by atoms with E-state index in [1.54, 1.807) is 0 Å². The summed E-state index contributed by atoms with van der Waals surface area (Å²) in [6.45, 7) is 1.79. The second kappa shape index (κ2) is 2.87. The van der Waals surface area contributed by atoms with E-state index in [9.17, 15) is 9.59 Å². The van der Waals surface area contributed by atoms with Crippen LogP contribution < -0.4 is 11.2 Å². The molecule has 0 radical (unpaired) electrons. The lowest BCUT2D eigenvalue weighted by Crippen LogP contribution is -2.60. The van der Waals surface area contributed by atoms with Crippen molar-refractivity contribution in [1.29, 1.82) is 0 Å². The first-order valence-corrected chi connectivity index (χ1v) is 3.50. The van der Waals surface area contributed by atoms with E-state index in [1.165, 1.54) is 0 Å². The van der Waals surface area contributed by atoms with Gasteiger partial charge in [-0.25, -0.2) is 5.84 Å². The molecule has 0 aromatic carbocycles. The number of hydrogen-bond donors (Lipinski definition) is 2. The Bertz CT molecular complexity index is 192. The maximum Gasteiger partial charge on any atom is 0.259 e. The van der Waals surface area contributed by atoms with E-state index in [-0.39, 0.29) is 18.4 Å². The molecule has 5 heteroatoms. The van der Waals surface area contributed by atoms with Crippen molar-refractivity contribution in [2.24, 2.45) is 5.84 Å². The number of hydrazine groups is 1. The molecule has 0 bridgehead atoms. The van der Waals surface area contributed by atoms with Crippen LogP contribution in [0.3, 0.4) is 0 Å². The minimum Gasteiger partial charge on any atom is -0.343 e. The molecule has 2 amide bonds. The molecular formula is C6H11N3O2. The first kappa shape index (κ1) is 8.00. The molecule has 0 aliphatic carbocycles. The lowest BCUT2D eigenvalue weighted by atomic mass is 10.1. The standard InChI is InChI=1S/C6H11N3O2/c1-2-4-6(11)9(7)3-5(10)8-4/h4H,2-3,7H2,1H3,(H,8,10). The van der Waals surface area contributed by atoms with Gasteiger partial charge in [0, 0.05) is 0 Å². The van der Waals surface area contributed by atoms with Gasteiger partial charge in [0.05, 0.1) is 0 Å². The third-order valence-corrected chi connectivity index (χ3v) is 1.64. The molecule has 0 spiro atoms. The zero-order valence-electron chi connectivity index (χ0n) is 6.33. The molecule has 1 aliphatic heterocycles. The number of piperazine rings is 1. The summed E-state index contributed by atoms with van der Waals surface area (Å²) in [5.74, 6) is 4.85. The van der Waals surface area contributed by atoms with Gasteiger partial charge in [0.1, 0.15) is 12.6 Å². The van der Waals surface area contributed by atoms with Gasteiger partial charge in [-0.15, -0.1) is 0 Å². The summed E-state index contributed by atoms with van der Waals surface area (Å²) in [6, 6.07) is -0.429. The van der Waals surface area contributed by atoms with Crippen molar-refractivity contribution in [1.82, 2.24) is 10.3 Å². The van der Waals surface area contributed by atoms with E-state index >= 15 is 0 Å². The molecule has 1 rings (SSSR count). The largest absolute Gasteiger partial charge is 0.343 e. The predicted molar refractivity (Wildman–Crippen MR) is 38.1 cm³/mol. The zero-order chi connectivity index (χ0) is 8.43. The van der Waals surface area contributed by atoms with E-state index < -0.39 is 6.04 Å². The van der Waals surface area contributed by atoms with Crippen molar-refractivity contribution in [3.05, 3.63) is 0 Å². The molecule has 0 saturated carbocycles. The first-order chi connectivity index (χ1) is 5.15. The van der Waals surface area contributed by atoms with Crippen LogP contribution in [0, 0.1) is 0 Å². The van der Waals surface area contributed by atoms with Gasteiger partial charge in [-0.2, -0.15) is 0 Å². The van der Waals surface area contributed by atoms with E-state index in [0.29, 0.717) is 6.42 Å². The van der Waals surface area contributed by atoms with Gasteiger partial charge in [0.25, 0.3) is 5.91 Å². The fourth-order valence-electron chi connectivity index (χ4n) is 1.01. The van der Waals surface area contributed by atoms with Crippen LogP contribution in [0.15, 0.2) is 0 Å². The molecular weight excluding hydrogens is 146 g/mol. The fraction of sp³-hybridized carbons (Fsp3) is 0.667. The topological polar surface area (TPSA) is 75.4 Å². The summed E-state index contributed by atoms with van der Waals surface area (Å²) < 4.78 is 0. The van der Waals surface area contributed by atoms with Crippen molar-refractivity contribution in [3.63, 3.8) is 0 Å². The highest BCUT2D eigenvalue weighted by Crippen LogP contribution is 2.00. The molecule has 1 unspecified atom stereocenters. The Morgan fingerprint density at radius 3 is 2.91 bits per heavy atom. The highest BCUT2D eigenvalue weighted by molar-refractivity contribution is 5.94. The number of nitrogens with zero attached hydrogens (tertiary/aromatic N) is 1. The van der Waals surface area contributed by atoms with Crippen LogP contribution in [0.1, 0.15) is 13.3 Å². The van der Waals surface area contributed by atoms with Crippen molar-refractivity contribution < 1.29 is 9.59 Å². The molecule has 5 nitrogen and oxygen atoms in total. The highest BCUT2D eigenvalue weighted by Gasteiger charge is 2.29. The number of carbonyl (C=O) groups excluding carboxylic acids is 2. The Balaban J connectivity index is 2.66. The average molecular weight is 157 g/mol. The SMILES string of the molecule is CCC1NC(=O)CN(N)C1=O. The summed E-state index contributed by atoms with van der Waals surface area (Å²) in [5.41, 5.74) is 0. The molecule has 1 saturated heterocycles. The Morgan fingerprint density at radius 1 is 1.73 bits per heavy atom. The van der Waals surface area contributed by atoms with Crippen LogP contribution in [0.5, 0.6) is 0 Å². The number of nitrogens with two attached hydrogens (primary N) is 1. The molecule has 62 valence electrons. The van der Waals surface area contributed by atoms with Gasteiger partial charge < -0.3 is 5.32 Å². The monoisotopic (exact) mass is 157 g/mol. The summed E-state index contributed by atoms with van der Waals surface area (Å²) >= 11 is 0. The summed E-state index contributed by atoms with van der Waals surface area (Å²) in [4.78, 5) is 21.9. The van der Waals surface area contributed by atoms with E-state index in [2.05, 4.69) is 5.32 Å². The summed E-state index contributed by atoms with van der Waals surface area (Å²) in [6.07, 6.45) is 0.582. The molecule has 0 aromatic heterocycles. The molecule has 1 fully saturated rings. The number of carbonyl (C=O) groups is 2. The molecule has 3 N–H and O–H groups in total. The molecule has 0 aromatic rings. The lowest BCUT2D eigenvalue weighted by molar-refractivity contribution is -0.144. The molecule has 11 heavy (non-hydrogen) atoms. The van der Waals surface area contributed by atoms with Crippen LogP contribution in [0.25, 0.3) is 0 Å². The fourth-order valence-corrected chi connectivity index (χ4v) is 1.01. The van der Waals surface area contributed by atoms with Gasteiger partial charge in [-0.3, -0.25) is 14.6 Å². The third kappa shape index (κ3) is 1.48. The van der Waals surface area contributed by atoms with Gasteiger partial charge in [0.2, 0.25) is 5.91 Å². The van der Waals surface area contributed by atoms with Gasteiger partial charge in [0.15, 0.2) is 0 Å². The number of hydrogen-bond acceptors (Lipinski definition) is 3. The van der Waals surface area contributed by atoms with Crippen LogP contribution in [-0.2, 0) is 9.59 Å². The van der Waals surface area contributed by atoms with Gasteiger partial charge in [-0.1, -0.05) is 6.92 Å². The Labute approximate surface area is 64.5 Å². The summed E-state index contributed by atoms with van der Waals surface area (Å²) in [7, 11) is 0. The summed E-state index contributed by atoms with van der Waals surface area (Å²) in [5, 5.41) is 3.49. The van der Waals surface area contributed by atoms with Crippen molar-refractivity contribution in [2.45, 2.75) is 19.4 Å². The first-order valence-electron chi connectivity index (χ1n) is 3.50. The Morgan fingerprint density at radius 2 is 2.36 bits per heavy atom. The second-order valence-electron chi connectivity index (χ2n) is 2.49. The van der Waals surface area contributed by atoms with Crippen LogP contribution >= 0.6 is 0 Å². The predicted octanol–water partition coefficient (Wildman–Crippen LogP) is -1.40. The quantitative estimate of drug-likeness (QED) is 0.363. The van der Waals surface area contributed by atoms with Crippen LogP contribution in [0.4, 0.5) is 0 Å². The van der Waals surface area contributed by atoms with E-state index in [1.807, 2.05) is 6.92 Å². The zero-order valence-corrected chi connectivity index (χ0v) is 6.33. The number of nitrogens with one attached hydrogen (secondary N) is 1. The normalized spacial score (nSPS) is 25.3. The lowest BCUT2D eigenvalue weighted by Gasteiger charge is -2.28.